The lowest BCUT2D eigenvalue weighted by atomic mass is 9.33. The third-order valence-electron chi connectivity index (χ3n) is 21.3. The second-order valence-electron chi connectivity index (χ2n) is 27.1. The predicted octanol–water partition coefficient (Wildman–Crippen LogP) is 22.7. The van der Waals surface area contributed by atoms with Crippen LogP contribution in [0.1, 0.15) is 25.0 Å². The smallest absolute Gasteiger partial charge is 0.252 e. The van der Waals surface area contributed by atoms with Gasteiger partial charge in [-0.2, -0.15) is 0 Å². The molecule has 0 atom stereocenters. The van der Waals surface area contributed by atoms with Gasteiger partial charge in [0, 0.05) is 94.5 Å². The number of para-hydroxylation sites is 7. The molecule has 0 unspecified atom stereocenters. The van der Waals surface area contributed by atoms with E-state index in [9.17, 15) is 0 Å². The number of nitrogens with zero attached hydrogens (tertiary/aromatic N) is 4. The van der Waals surface area contributed by atoms with Gasteiger partial charge in [0.15, 0.2) is 0 Å². The molecule has 0 aliphatic carbocycles. The van der Waals surface area contributed by atoms with Crippen molar-refractivity contribution in [3.8, 4) is 78.5 Å². The van der Waals surface area contributed by atoms with E-state index >= 15 is 0 Å². The van der Waals surface area contributed by atoms with Gasteiger partial charge in [0.25, 0.3) is 6.71 Å². The Balaban J connectivity index is 0.964. The van der Waals surface area contributed by atoms with E-state index in [1.807, 2.05) is 0 Å². The van der Waals surface area contributed by atoms with Crippen molar-refractivity contribution in [1.29, 1.82) is 0 Å². The zero-order valence-electron chi connectivity index (χ0n) is 54.7. The van der Waals surface area contributed by atoms with Gasteiger partial charge in [0.1, 0.15) is 11.5 Å². The maximum absolute atomic E-state index is 7.10. The van der Waals surface area contributed by atoms with Gasteiger partial charge in [-0.1, -0.05) is 287 Å². The van der Waals surface area contributed by atoms with E-state index in [0.29, 0.717) is 0 Å². The lowest BCUT2D eigenvalue weighted by Crippen LogP contribution is -2.61. The molecule has 5 nitrogen and oxygen atoms in total. The number of hydrogen-bond acceptors (Lipinski definition) is 3. The van der Waals surface area contributed by atoms with Crippen molar-refractivity contribution in [3.05, 3.63) is 357 Å². The molecule has 0 saturated carbocycles. The average Bonchev–Trinajstić information content (AvgIpc) is 0.834. The second-order valence-corrected chi connectivity index (χ2v) is 27.1. The van der Waals surface area contributed by atoms with Crippen LogP contribution >= 0.6 is 0 Å². The molecule has 0 amide bonds. The molecule has 99 heavy (non-hydrogen) atoms. The monoisotopic (exact) mass is 1260 g/mol. The lowest BCUT2D eigenvalue weighted by Gasteiger charge is -2.46. The minimum atomic E-state index is -0.315. The van der Waals surface area contributed by atoms with Crippen LogP contribution in [-0.2, 0) is 5.41 Å². The third kappa shape index (κ3) is 8.68. The molecular formula is C93H63BN4O. The summed E-state index contributed by atoms with van der Waals surface area (Å²) >= 11 is 0. The van der Waals surface area contributed by atoms with Crippen LogP contribution in [0.25, 0.3) is 111 Å². The van der Waals surface area contributed by atoms with Crippen molar-refractivity contribution >= 4 is 101 Å². The Morgan fingerprint density at radius 1 is 0.273 bits per heavy atom. The Bertz CT molecular complexity index is 5590. The van der Waals surface area contributed by atoms with Crippen LogP contribution in [0.5, 0.6) is 11.5 Å². The average molecular weight is 1260 g/mol. The molecule has 0 radical (unpaired) electrons. The van der Waals surface area contributed by atoms with Gasteiger partial charge in [0.2, 0.25) is 0 Å². The summed E-state index contributed by atoms with van der Waals surface area (Å²) in [7, 11) is 0. The Hall–Kier alpha value is -12.6. The van der Waals surface area contributed by atoms with E-state index in [1.165, 1.54) is 43.5 Å². The molecule has 6 heteroatoms. The van der Waals surface area contributed by atoms with Crippen molar-refractivity contribution in [2.45, 2.75) is 19.3 Å². The Morgan fingerprint density at radius 2 is 0.636 bits per heavy atom. The van der Waals surface area contributed by atoms with Crippen molar-refractivity contribution < 1.29 is 4.74 Å². The summed E-state index contributed by atoms with van der Waals surface area (Å²) in [5.41, 5.74) is 30.1. The molecule has 15 aromatic carbocycles. The highest BCUT2D eigenvalue weighted by atomic mass is 16.5. The highest BCUT2D eigenvalue weighted by Crippen LogP contribution is 2.56. The van der Waals surface area contributed by atoms with Gasteiger partial charge < -0.3 is 23.7 Å². The molecule has 0 spiro atoms. The highest BCUT2D eigenvalue weighted by molar-refractivity contribution is 7.00. The number of aromatic nitrogens is 2. The van der Waals surface area contributed by atoms with E-state index in [-0.39, 0.29) is 12.1 Å². The molecule has 20 rings (SSSR count). The summed E-state index contributed by atoms with van der Waals surface area (Å²) in [5.74, 6) is 1.74. The van der Waals surface area contributed by atoms with Gasteiger partial charge in [-0.05, 0) is 123 Å². The first-order valence-electron chi connectivity index (χ1n) is 34.3. The third-order valence-corrected chi connectivity index (χ3v) is 21.3. The van der Waals surface area contributed by atoms with Crippen LogP contribution in [0.15, 0.2) is 346 Å². The van der Waals surface area contributed by atoms with Crippen molar-refractivity contribution in [2.75, 3.05) is 9.80 Å². The van der Waals surface area contributed by atoms with Crippen molar-refractivity contribution in [1.82, 2.24) is 9.13 Å². The van der Waals surface area contributed by atoms with Crippen LogP contribution in [0, 0.1) is 0 Å². The molecule has 464 valence electrons. The summed E-state index contributed by atoms with van der Waals surface area (Å²) in [6.45, 7) is 4.38. The molecule has 5 heterocycles. The van der Waals surface area contributed by atoms with E-state index in [4.69, 9.17) is 4.74 Å². The number of benzene rings is 15. The molecule has 3 aliphatic rings. The van der Waals surface area contributed by atoms with Gasteiger partial charge in [0.05, 0.1) is 33.4 Å². The highest BCUT2D eigenvalue weighted by Gasteiger charge is 2.46. The Morgan fingerprint density at radius 3 is 1.05 bits per heavy atom. The van der Waals surface area contributed by atoms with Crippen molar-refractivity contribution in [3.63, 3.8) is 0 Å². The van der Waals surface area contributed by atoms with Crippen LogP contribution in [0.3, 0.4) is 0 Å². The fourth-order valence-electron chi connectivity index (χ4n) is 16.9. The summed E-state index contributed by atoms with van der Waals surface area (Å²) in [6, 6.07) is 129. The fourth-order valence-corrected chi connectivity index (χ4v) is 16.9. The molecule has 2 aromatic heterocycles. The van der Waals surface area contributed by atoms with Crippen LogP contribution < -0.4 is 30.9 Å². The molecule has 3 aliphatic heterocycles. The number of hydrogen-bond donors (Lipinski definition) is 0. The SMILES string of the molecule is CC1(C)c2ccccc2Oc2cc(-c3cc4c5c(c3)N(c3c(-c6ccccc6)cccc3-c3ccccc3)c3cc(-n6c7ccccc7c7ccccc76)ccc3B5c3ccc(-n5c6ccccc6c6ccccc65)cc3N4c3c(-c4ccccc4)cccc3-c3ccccc3)ccc21. The first-order chi connectivity index (χ1) is 48.9. The molecular weight excluding hydrogens is 1200 g/mol. The van der Waals surface area contributed by atoms with Crippen molar-refractivity contribution in [2.24, 2.45) is 0 Å². The lowest BCUT2D eigenvalue weighted by molar-refractivity contribution is 0.418. The Labute approximate surface area is 575 Å². The molecule has 0 bridgehead atoms. The largest absolute Gasteiger partial charge is 0.457 e. The second kappa shape index (κ2) is 22.2. The number of fused-ring (bicyclic) bond motifs is 12. The summed E-state index contributed by atoms with van der Waals surface area (Å²) in [6.07, 6.45) is 0. The first kappa shape index (κ1) is 56.7. The van der Waals surface area contributed by atoms with Crippen LogP contribution in [0.2, 0.25) is 0 Å². The summed E-state index contributed by atoms with van der Waals surface area (Å²) in [5, 5.41) is 4.87. The van der Waals surface area contributed by atoms with Crippen LogP contribution in [-0.4, -0.2) is 15.8 Å². The summed E-state index contributed by atoms with van der Waals surface area (Å²) < 4.78 is 12.1. The van der Waals surface area contributed by atoms with E-state index in [1.54, 1.807) is 0 Å². The fraction of sp³-hybridized carbons (Fsp3) is 0.0323. The van der Waals surface area contributed by atoms with E-state index in [2.05, 4.69) is 379 Å². The minimum absolute atomic E-state index is 0.266. The van der Waals surface area contributed by atoms with E-state index < -0.39 is 0 Å². The topological polar surface area (TPSA) is 25.6 Å². The summed E-state index contributed by atoms with van der Waals surface area (Å²) in [4.78, 5) is 5.34. The number of anilines is 6. The standard InChI is InChI=1S/C93H63BN4O/c1-93(2)76-43-19-24-48-88(76)99-89-57-64(49-52-77(89)93)65-55-86-90-87(56-65)98(92-70(62-31-11-5-12-32-62)41-26-42-71(92)63-33-13-6-14-34-63)85-59-67(96-82-46-22-17-37-74(82)75-38-18-23-47-83(75)96)51-54-79(85)94(90)78-53-50-66(95-80-44-20-15-35-72(80)73-36-16-21-45-81(73)95)58-84(78)97(86)91-68(60-27-7-3-8-28-60)39-25-40-69(91)61-29-9-4-10-30-61/h3-59H,1-2H3. The van der Waals surface area contributed by atoms with Gasteiger partial charge in [-0.3, -0.25) is 0 Å². The zero-order chi connectivity index (χ0) is 65.5. The molecule has 0 saturated heterocycles. The van der Waals surface area contributed by atoms with Crippen LogP contribution in [0.4, 0.5) is 34.1 Å². The van der Waals surface area contributed by atoms with Gasteiger partial charge in [-0.25, -0.2) is 0 Å². The van der Waals surface area contributed by atoms with Gasteiger partial charge >= 0.3 is 0 Å². The first-order valence-corrected chi connectivity index (χ1v) is 34.3. The molecule has 17 aromatic rings. The quantitative estimate of drug-likeness (QED) is 0.135. The maximum atomic E-state index is 7.10. The predicted molar refractivity (Wildman–Crippen MR) is 415 cm³/mol. The Kier molecular flexibility index (Phi) is 12.7. The molecule has 0 N–H and O–H groups in total. The minimum Gasteiger partial charge on any atom is -0.457 e. The maximum Gasteiger partial charge on any atom is 0.252 e. The molecule has 0 fully saturated rings. The van der Waals surface area contributed by atoms with Gasteiger partial charge in [-0.15, -0.1) is 0 Å². The zero-order valence-corrected chi connectivity index (χ0v) is 54.7. The number of ether oxygens (including phenoxy) is 1. The normalized spacial score (nSPS) is 13.3. The van der Waals surface area contributed by atoms with E-state index in [0.717, 1.165) is 140 Å². The number of rotatable bonds is 9.